The number of H-pyrrole nitrogens is 1. The molecule has 13 heteroatoms. The summed E-state index contributed by atoms with van der Waals surface area (Å²) >= 11 is 0. The van der Waals surface area contributed by atoms with Gasteiger partial charge in [-0.05, 0) is 43.7 Å². The van der Waals surface area contributed by atoms with E-state index in [0.29, 0.717) is 61.6 Å². The van der Waals surface area contributed by atoms with Gasteiger partial charge in [-0.25, -0.2) is 0 Å². The van der Waals surface area contributed by atoms with Crippen molar-refractivity contribution in [2.24, 2.45) is 5.92 Å². The lowest BCUT2D eigenvalue weighted by molar-refractivity contribution is -0.136. The first-order valence-corrected chi connectivity index (χ1v) is 14.7. The number of nitrogens with zero attached hydrogens (tertiary/aromatic N) is 4. The van der Waals surface area contributed by atoms with Crippen molar-refractivity contribution in [2.75, 3.05) is 63.2 Å². The molecular weight excluding hydrogens is 551 g/mol. The van der Waals surface area contributed by atoms with Crippen LogP contribution in [0.3, 0.4) is 0 Å². The third kappa shape index (κ3) is 5.35. The minimum Gasteiger partial charge on any atom is -0.491 e. The van der Waals surface area contributed by atoms with Gasteiger partial charge >= 0.3 is 6.18 Å². The van der Waals surface area contributed by atoms with E-state index in [9.17, 15) is 18.0 Å². The summed E-state index contributed by atoms with van der Waals surface area (Å²) in [5.74, 6) is 1.26. The van der Waals surface area contributed by atoms with Crippen LogP contribution in [0.5, 0.6) is 5.75 Å². The smallest absolute Gasteiger partial charge is 0.418 e. The number of likely N-dealkylation sites (tertiary alicyclic amines) is 1. The summed E-state index contributed by atoms with van der Waals surface area (Å²) in [5.41, 5.74) is 1.31. The molecule has 4 aliphatic rings. The zero-order chi connectivity index (χ0) is 28.8. The number of carbonyl (C=O) groups excluding carboxylic acids is 1. The molecule has 1 amide bonds. The first-order chi connectivity index (χ1) is 20.3. The van der Waals surface area contributed by atoms with Crippen LogP contribution in [-0.4, -0.2) is 89.2 Å². The fraction of sp³-hybridized carbons (Fsp3) is 0.552. The Morgan fingerprint density at radius 3 is 2.57 bits per heavy atom. The van der Waals surface area contributed by atoms with Crippen molar-refractivity contribution in [3.8, 4) is 5.75 Å². The van der Waals surface area contributed by atoms with Crippen molar-refractivity contribution in [1.29, 1.82) is 0 Å². The summed E-state index contributed by atoms with van der Waals surface area (Å²) in [4.78, 5) is 29.5. The second-order valence-electron chi connectivity index (χ2n) is 11.5. The standard InChI is InChI=1S/C29H34F3N7O3/c30-29(31,32)21-16-34-26-23(21)25(33-15-17-1-2-17)36-28(37-26)35-22-4-3-20(19-7-12-42-24(19)22)27(40)39-8-5-18(6-9-39)38-10-13-41-14-11-38/h3-4,16-18H,1-2,5-15H2,(H3,33,34,35,36,37). The number of halogens is 3. The van der Waals surface area contributed by atoms with E-state index < -0.39 is 11.7 Å². The van der Waals surface area contributed by atoms with Gasteiger partial charge < -0.3 is 30.0 Å². The molecule has 1 aliphatic carbocycles. The van der Waals surface area contributed by atoms with Crippen molar-refractivity contribution in [1.82, 2.24) is 24.8 Å². The van der Waals surface area contributed by atoms with Crippen LogP contribution in [0.25, 0.3) is 11.0 Å². The Morgan fingerprint density at radius 2 is 1.83 bits per heavy atom. The van der Waals surface area contributed by atoms with Crippen LogP contribution in [0.4, 0.5) is 30.6 Å². The maximum Gasteiger partial charge on any atom is 0.418 e. The third-order valence-corrected chi connectivity index (χ3v) is 8.74. The number of hydrogen-bond donors (Lipinski definition) is 3. The summed E-state index contributed by atoms with van der Waals surface area (Å²) in [5, 5.41) is 6.18. The van der Waals surface area contributed by atoms with E-state index in [0.717, 1.165) is 63.7 Å². The summed E-state index contributed by atoms with van der Waals surface area (Å²) in [6.07, 6.45) is 0.956. The molecule has 2 saturated heterocycles. The van der Waals surface area contributed by atoms with Gasteiger partial charge in [0, 0.05) is 62.5 Å². The molecule has 3 N–H and O–H groups in total. The molecular formula is C29H34F3N7O3. The van der Waals surface area contributed by atoms with Crippen molar-refractivity contribution in [3.05, 3.63) is 35.0 Å². The topological polar surface area (TPSA) is 108 Å². The van der Waals surface area contributed by atoms with Crippen molar-refractivity contribution in [2.45, 2.75) is 44.3 Å². The highest BCUT2D eigenvalue weighted by molar-refractivity contribution is 5.98. The van der Waals surface area contributed by atoms with Crippen LogP contribution in [-0.2, 0) is 17.3 Å². The number of morpholine rings is 1. The van der Waals surface area contributed by atoms with Gasteiger partial charge in [-0.15, -0.1) is 0 Å². The molecule has 0 bridgehead atoms. The van der Waals surface area contributed by atoms with E-state index >= 15 is 0 Å². The summed E-state index contributed by atoms with van der Waals surface area (Å²) in [6, 6.07) is 4.04. The SMILES string of the molecule is O=C(c1ccc(Nc2nc(NCC3CC3)c3c(C(F)(F)F)c[nH]c3n2)c2c1CCO2)N1CCC(N2CCOCC2)CC1. The predicted molar refractivity (Wildman–Crippen MR) is 150 cm³/mol. The van der Waals surface area contributed by atoms with Gasteiger partial charge in [-0.2, -0.15) is 23.1 Å². The molecule has 0 atom stereocenters. The second-order valence-corrected chi connectivity index (χ2v) is 11.5. The number of piperidine rings is 1. The molecule has 0 unspecified atom stereocenters. The Bertz CT molecular complexity index is 1480. The third-order valence-electron chi connectivity index (χ3n) is 8.74. The van der Waals surface area contributed by atoms with E-state index in [-0.39, 0.29) is 28.7 Å². The quantitative estimate of drug-likeness (QED) is 0.374. The largest absolute Gasteiger partial charge is 0.491 e. The first-order valence-electron chi connectivity index (χ1n) is 14.7. The Balaban J connectivity index is 1.11. The number of carbonyl (C=O) groups is 1. The van der Waals surface area contributed by atoms with Crippen LogP contribution in [0.2, 0.25) is 0 Å². The predicted octanol–water partition coefficient (Wildman–Crippen LogP) is 4.41. The molecule has 0 radical (unpaired) electrons. The highest BCUT2D eigenvalue weighted by Crippen LogP contribution is 2.41. The zero-order valence-corrected chi connectivity index (χ0v) is 23.2. The maximum absolute atomic E-state index is 13.7. The number of hydrogen-bond acceptors (Lipinski definition) is 8. The van der Waals surface area contributed by atoms with Gasteiger partial charge in [-0.1, -0.05) is 0 Å². The number of aromatic amines is 1. The Kier molecular flexibility index (Phi) is 7.09. The Hall–Kier alpha value is -3.58. The lowest BCUT2D eigenvalue weighted by Crippen LogP contribution is -2.50. The van der Waals surface area contributed by atoms with E-state index in [4.69, 9.17) is 9.47 Å². The molecule has 1 aromatic carbocycles. The second kappa shape index (κ2) is 10.9. The fourth-order valence-corrected chi connectivity index (χ4v) is 6.27. The van der Waals surface area contributed by atoms with Crippen molar-refractivity contribution in [3.63, 3.8) is 0 Å². The van der Waals surface area contributed by atoms with Gasteiger partial charge in [0.1, 0.15) is 17.2 Å². The Morgan fingerprint density at radius 1 is 1.05 bits per heavy atom. The highest BCUT2D eigenvalue weighted by atomic mass is 19.4. The number of nitrogens with one attached hydrogen (secondary N) is 3. The minimum atomic E-state index is -4.54. The monoisotopic (exact) mass is 585 g/mol. The van der Waals surface area contributed by atoms with Crippen LogP contribution < -0.4 is 15.4 Å². The van der Waals surface area contributed by atoms with Crippen LogP contribution in [0.15, 0.2) is 18.3 Å². The van der Waals surface area contributed by atoms with Crippen LogP contribution in [0, 0.1) is 5.92 Å². The normalized spacial score (nSPS) is 20.0. The molecule has 10 nitrogen and oxygen atoms in total. The van der Waals surface area contributed by atoms with E-state index in [1.807, 2.05) is 4.90 Å². The van der Waals surface area contributed by atoms with Gasteiger partial charge in [0.25, 0.3) is 5.91 Å². The minimum absolute atomic E-state index is 0.000903. The molecule has 42 heavy (non-hydrogen) atoms. The van der Waals surface area contributed by atoms with Gasteiger partial charge in [0.15, 0.2) is 0 Å². The molecule has 2 aromatic heterocycles. The molecule has 224 valence electrons. The van der Waals surface area contributed by atoms with Gasteiger partial charge in [0.2, 0.25) is 5.95 Å². The number of anilines is 3. The number of aromatic nitrogens is 3. The number of rotatable bonds is 7. The zero-order valence-electron chi connectivity index (χ0n) is 23.2. The van der Waals surface area contributed by atoms with E-state index in [1.54, 1.807) is 12.1 Å². The summed E-state index contributed by atoms with van der Waals surface area (Å²) in [6.45, 7) is 5.82. The van der Waals surface area contributed by atoms with Crippen molar-refractivity contribution >= 4 is 34.4 Å². The fourth-order valence-electron chi connectivity index (χ4n) is 6.27. The number of benzene rings is 1. The number of ether oxygens (including phenoxy) is 2. The highest BCUT2D eigenvalue weighted by Gasteiger charge is 2.36. The van der Waals surface area contributed by atoms with Crippen LogP contribution >= 0.6 is 0 Å². The van der Waals surface area contributed by atoms with Gasteiger partial charge in [-0.3, -0.25) is 9.69 Å². The molecule has 3 aromatic rings. The van der Waals surface area contributed by atoms with E-state index in [2.05, 4.69) is 30.5 Å². The van der Waals surface area contributed by atoms with Gasteiger partial charge in [0.05, 0.1) is 36.5 Å². The average molecular weight is 586 g/mol. The maximum atomic E-state index is 13.7. The average Bonchev–Trinajstić information content (AvgIpc) is 3.49. The first kappa shape index (κ1) is 27.3. The lowest BCUT2D eigenvalue weighted by Gasteiger charge is -2.40. The molecule has 1 saturated carbocycles. The molecule has 3 fully saturated rings. The molecule has 0 spiro atoms. The summed E-state index contributed by atoms with van der Waals surface area (Å²) in [7, 11) is 0. The van der Waals surface area contributed by atoms with E-state index in [1.165, 1.54) is 0 Å². The van der Waals surface area contributed by atoms with Crippen LogP contribution in [0.1, 0.15) is 47.2 Å². The molecule has 5 heterocycles. The Labute approximate surface area is 241 Å². The lowest BCUT2D eigenvalue weighted by atomic mass is 9.99. The molecule has 7 rings (SSSR count). The molecule has 3 aliphatic heterocycles. The summed E-state index contributed by atoms with van der Waals surface area (Å²) < 4.78 is 52.6. The van der Waals surface area contributed by atoms with Crippen molar-refractivity contribution < 1.29 is 27.4 Å². The number of amides is 1. The number of fused-ring (bicyclic) bond motifs is 2. The number of alkyl halides is 3.